The van der Waals surface area contributed by atoms with E-state index in [0.29, 0.717) is 23.3 Å². The van der Waals surface area contributed by atoms with Crippen LogP contribution in [0.2, 0.25) is 0 Å². The summed E-state index contributed by atoms with van der Waals surface area (Å²) >= 11 is 0. The Balaban J connectivity index is 1.65. The molecule has 1 heterocycles. The summed E-state index contributed by atoms with van der Waals surface area (Å²) in [6, 6.07) is 0. The zero-order valence-corrected chi connectivity index (χ0v) is 15.8. The lowest BCUT2D eigenvalue weighted by Crippen LogP contribution is -2.62. The molecule has 2 saturated carbocycles. The first-order valence-corrected chi connectivity index (χ1v) is 9.89. The maximum Gasteiger partial charge on any atom is 0.222 e. The number of hydrogen-bond acceptors (Lipinski definition) is 2. The molecule has 4 rings (SSSR count). The Kier molecular flexibility index (Phi) is 3.87. The molecular weight excluding hydrogens is 298 g/mol. The first kappa shape index (κ1) is 16.6. The molecule has 3 fully saturated rings. The van der Waals surface area contributed by atoms with Crippen molar-refractivity contribution in [3.05, 3.63) is 11.6 Å². The first-order valence-electron chi connectivity index (χ1n) is 9.89. The van der Waals surface area contributed by atoms with Crippen LogP contribution in [0.4, 0.5) is 0 Å². The Morgan fingerprint density at radius 2 is 1.96 bits per heavy atom. The van der Waals surface area contributed by atoms with Gasteiger partial charge in [0.2, 0.25) is 5.91 Å². The van der Waals surface area contributed by atoms with Gasteiger partial charge in [-0.25, -0.2) is 0 Å². The van der Waals surface area contributed by atoms with E-state index in [2.05, 4.69) is 24.8 Å². The number of methoxy groups -OCH3 is 1. The van der Waals surface area contributed by atoms with Gasteiger partial charge in [0, 0.05) is 26.1 Å². The number of likely N-dealkylation sites (tertiary alicyclic amines) is 1. The highest BCUT2D eigenvalue weighted by Crippen LogP contribution is 2.61. The molecule has 3 nitrogen and oxygen atoms in total. The van der Waals surface area contributed by atoms with Crippen molar-refractivity contribution in [1.82, 2.24) is 4.90 Å². The van der Waals surface area contributed by atoms with E-state index in [4.69, 9.17) is 4.74 Å². The Labute approximate surface area is 146 Å². The number of rotatable bonds is 1. The number of carbonyl (C=O) groups is 1. The average Bonchev–Trinajstić information content (AvgIpc) is 2.58. The summed E-state index contributed by atoms with van der Waals surface area (Å²) in [4.78, 5) is 14.4. The maximum atomic E-state index is 12.3. The van der Waals surface area contributed by atoms with Crippen molar-refractivity contribution in [3.63, 3.8) is 0 Å². The van der Waals surface area contributed by atoms with E-state index in [1.165, 1.54) is 32.1 Å². The van der Waals surface area contributed by atoms with Crippen LogP contribution in [0.1, 0.15) is 65.2 Å². The summed E-state index contributed by atoms with van der Waals surface area (Å²) in [5.41, 5.74) is 2.13. The molecule has 6 unspecified atom stereocenters. The summed E-state index contributed by atoms with van der Waals surface area (Å²) < 4.78 is 5.66. The van der Waals surface area contributed by atoms with Crippen molar-refractivity contribution < 1.29 is 9.53 Å². The first-order chi connectivity index (χ1) is 11.4. The molecule has 0 aromatic carbocycles. The van der Waals surface area contributed by atoms with Crippen molar-refractivity contribution in [3.8, 4) is 0 Å². The predicted octanol–water partition coefficient (Wildman–Crippen LogP) is 4.18. The fraction of sp³-hybridized carbons (Fsp3) is 0.857. The average molecular weight is 332 g/mol. The van der Waals surface area contributed by atoms with Crippen molar-refractivity contribution in [2.24, 2.45) is 23.2 Å². The third-order valence-electron chi connectivity index (χ3n) is 8.56. The predicted molar refractivity (Wildman–Crippen MR) is 95.6 cm³/mol. The largest absolute Gasteiger partial charge is 0.381 e. The van der Waals surface area contributed by atoms with Gasteiger partial charge in [0.15, 0.2) is 0 Å². The lowest BCUT2D eigenvalue weighted by atomic mass is 9.48. The monoisotopic (exact) mass is 331 g/mol. The van der Waals surface area contributed by atoms with Crippen molar-refractivity contribution >= 4 is 5.91 Å². The highest BCUT2D eigenvalue weighted by Gasteiger charge is 2.57. The normalized spacial score (nSPS) is 48.2. The number of carbonyl (C=O) groups excluding carboxylic acids is 1. The molecule has 0 spiro atoms. The molecule has 1 amide bonds. The number of piperidine rings is 1. The van der Waals surface area contributed by atoms with E-state index < -0.39 is 0 Å². The van der Waals surface area contributed by atoms with Crippen molar-refractivity contribution in [2.75, 3.05) is 14.2 Å². The fourth-order valence-electron chi connectivity index (χ4n) is 6.80. The second-order valence-electron chi connectivity index (χ2n) is 9.25. The van der Waals surface area contributed by atoms with Crippen molar-refractivity contribution in [1.29, 1.82) is 0 Å². The van der Waals surface area contributed by atoms with Crippen LogP contribution < -0.4 is 0 Å². The number of nitrogens with zero attached hydrogens (tertiary/aromatic N) is 1. The highest BCUT2D eigenvalue weighted by atomic mass is 16.5. The number of amides is 1. The molecule has 6 atom stereocenters. The second kappa shape index (κ2) is 5.59. The van der Waals surface area contributed by atoms with Gasteiger partial charge in [-0.15, -0.1) is 0 Å². The summed E-state index contributed by atoms with van der Waals surface area (Å²) in [6.45, 7) is 4.89. The van der Waals surface area contributed by atoms with Crippen molar-refractivity contribution in [2.45, 2.75) is 76.9 Å². The molecule has 0 N–H and O–H groups in total. The fourth-order valence-corrected chi connectivity index (χ4v) is 6.80. The zero-order chi connectivity index (χ0) is 17.1. The summed E-state index contributed by atoms with van der Waals surface area (Å²) in [6.07, 6.45) is 12.1. The lowest BCUT2D eigenvalue weighted by Gasteiger charge is -2.61. The molecule has 3 aliphatic carbocycles. The van der Waals surface area contributed by atoms with Crippen LogP contribution in [0.15, 0.2) is 11.6 Å². The second-order valence-corrected chi connectivity index (χ2v) is 9.25. The molecule has 4 aliphatic rings. The molecule has 0 aromatic rings. The number of ether oxygens (including phenoxy) is 1. The number of allylic oxidation sites excluding steroid dienone is 1. The van der Waals surface area contributed by atoms with Crippen LogP contribution in [0.3, 0.4) is 0 Å². The molecule has 1 saturated heterocycles. The molecule has 0 radical (unpaired) electrons. The standard InChI is InChI=1S/C21H33NO2/c1-20-11-9-15(24-4)13-14(20)5-6-16-17(20)10-12-21(2)18(16)7-8-19(23)22(21)3/h5,15-18H,6-13H2,1-4H3. The maximum absolute atomic E-state index is 12.3. The Morgan fingerprint density at radius 1 is 1.17 bits per heavy atom. The third kappa shape index (κ3) is 2.16. The number of hydrogen-bond donors (Lipinski definition) is 0. The minimum absolute atomic E-state index is 0.0853. The smallest absolute Gasteiger partial charge is 0.222 e. The lowest BCUT2D eigenvalue weighted by molar-refractivity contribution is -0.153. The van der Waals surface area contributed by atoms with Gasteiger partial charge in [-0.05, 0) is 75.0 Å². The van der Waals surface area contributed by atoms with E-state index in [0.717, 1.165) is 31.1 Å². The Morgan fingerprint density at radius 3 is 2.71 bits per heavy atom. The molecule has 134 valence electrons. The van der Waals surface area contributed by atoms with E-state index in [1.807, 2.05) is 14.2 Å². The topological polar surface area (TPSA) is 29.5 Å². The van der Waals surface area contributed by atoms with E-state index in [-0.39, 0.29) is 5.54 Å². The van der Waals surface area contributed by atoms with E-state index >= 15 is 0 Å². The van der Waals surface area contributed by atoms with Crippen LogP contribution >= 0.6 is 0 Å². The molecule has 0 aromatic heterocycles. The van der Waals surface area contributed by atoms with E-state index in [9.17, 15) is 4.79 Å². The Bertz CT molecular complexity index is 570. The van der Waals surface area contributed by atoms with Crippen LogP contribution in [0, 0.1) is 23.2 Å². The van der Waals surface area contributed by atoms with Crippen LogP contribution in [0.25, 0.3) is 0 Å². The third-order valence-corrected chi connectivity index (χ3v) is 8.56. The number of fused-ring (bicyclic) bond motifs is 5. The van der Waals surface area contributed by atoms with Gasteiger partial charge in [0.1, 0.15) is 0 Å². The summed E-state index contributed by atoms with van der Waals surface area (Å²) in [7, 11) is 3.91. The zero-order valence-electron chi connectivity index (χ0n) is 15.8. The van der Waals surface area contributed by atoms with Gasteiger partial charge in [-0.3, -0.25) is 4.79 Å². The molecular formula is C21H33NO2. The van der Waals surface area contributed by atoms with Gasteiger partial charge < -0.3 is 9.64 Å². The van der Waals surface area contributed by atoms with Gasteiger partial charge in [0.05, 0.1) is 6.10 Å². The molecule has 3 heteroatoms. The molecule has 1 aliphatic heterocycles. The van der Waals surface area contributed by atoms with Crippen LogP contribution in [-0.4, -0.2) is 36.6 Å². The van der Waals surface area contributed by atoms with Gasteiger partial charge in [-0.1, -0.05) is 18.6 Å². The summed E-state index contributed by atoms with van der Waals surface area (Å²) in [5.74, 6) is 2.59. The van der Waals surface area contributed by atoms with Gasteiger partial charge >= 0.3 is 0 Å². The van der Waals surface area contributed by atoms with Crippen LogP contribution in [0.5, 0.6) is 0 Å². The Hall–Kier alpha value is -0.830. The van der Waals surface area contributed by atoms with Gasteiger partial charge in [0.25, 0.3) is 0 Å². The van der Waals surface area contributed by atoms with Crippen LogP contribution in [-0.2, 0) is 9.53 Å². The van der Waals surface area contributed by atoms with E-state index in [1.54, 1.807) is 5.57 Å². The summed E-state index contributed by atoms with van der Waals surface area (Å²) in [5, 5.41) is 0. The van der Waals surface area contributed by atoms with Gasteiger partial charge in [-0.2, -0.15) is 0 Å². The highest BCUT2D eigenvalue weighted by molar-refractivity contribution is 5.77. The molecule has 24 heavy (non-hydrogen) atoms. The quantitative estimate of drug-likeness (QED) is 0.675. The minimum Gasteiger partial charge on any atom is -0.381 e. The molecule has 0 bridgehead atoms. The SMILES string of the molecule is COC1CCC2(C)C(=CCC3C2CCC2(C)C3CCC(=O)N2C)C1. The minimum atomic E-state index is 0.0853.